The summed E-state index contributed by atoms with van der Waals surface area (Å²) in [6.45, 7) is 13.0. The van der Waals surface area contributed by atoms with Gasteiger partial charge in [-0.2, -0.15) is 0 Å². The van der Waals surface area contributed by atoms with Crippen molar-refractivity contribution in [1.29, 1.82) is 0 Å². The van der Waals surface area contributed by atoms with Gasteiger partial charge in [0.25, 0.3) is 0 Å². The van der Waals surface area contributed by atoms with Crippen LogP contribution >= 0.6 is 0 Å². The number of hydrogen-bond acceptors (Lipinski definition) is 3. The fourth-order valence-electron chi connectivity index (χ4n) is 2.43. The molecule has 1 atom stereocenters. The van der Waals surface area contributed by atoms with Crippen molar-refractivity contribution in [3.63, 3.8) is 0 Å². The number of nitrogens with zero attached hydrogens (tertiary/aromatic N) is 3. The predicted octanol–water partition coefficient (Wildman–Crippen LogP) is 1.65. The van der Waals surface area contributed by atoms with E-state index in [1.54, 1.807) is 0 Å². The van der Waals surface area contributed by atoms with Gasteiger partial charge in [0.15, 0.2) is 0 Å². The first-order valence-electron chi connectivity index (χ1n) is 6.58. The molecule has 1 aliphatic rings. The first-order valence-corrected chi connectivity index (χ1v) is 6.58. The number of aromatic nitrogens is 2. The molecule has 0 saturated carbocycles. The Bertz CT molecular complexity index is 369. The average Bonchev–Trinajstić information content (AvgIpc) is 2.58. The van der Waals surface area contributed by atoms with Crippen molar-refractivity contribution in [3.8, 4) is 0 Å². The number of aryl methyl sites for hydroxylation is 1. The minimum atomic E-state index is 0.549. The Morgan fingerprint density at radius 2 is 2.29 bits per heavy atom. The van der Waals surface area contributed by atoms with Crippen LogP contribution in [0.3, 0.4) is 0 Å². The van der Waals surface area contributed by atoms with Crippen molar-refractivity contribution in [1.82, 2.24) is 14.9 Å². The topological polar surface area (TPSA) is 33.1 Å². The smallest absolute Gasteiger partial charge is 0.205 e. The zero-order valence-corrected chi connectivity index (χ0v) is 11.4. The van der Waals surface area contributed by atoms with Gasteiger partial charge in [0.05, 0.1) is 5.69 Å². The average molecular weight is 236 g/mol. The van der Waals surface area contributed by atoms with Gasteiger partial charge in [-0.05, 0) is 19.8 Å². The van der Waals surface area contributed by atoms with E-state index < -0.39 is 0 Å². The van der Waals surface area contributed by atoms with Gasteiger partial charge in [0.2, 0.25) is 5.95 Å². The minimum Gasteiger partial charge on any atom is -0.339 e. The highest BCUT2D eigenvalue weighted by Gasteiger charge is 2.20. The second-order valence-electron chi connectivity index (χ2n) is 5.53. The second-order valence-corrected chi connectivity index (χ2v) is 5.53. The van der Waals surface area contributed by atoms with E-state index in [0.29, 0.717) is 12.0 Å². The van der Waals surface area contributed by atoms with Gasteiger partial charge in [-0.1, -0.05) is 13.8 Å². The molecule has 0 bridgehead atoms. The SMILES string of the molecule is Cc1cn(CC(C)C)c(N2CCN[C@@H](C)C2)n1. The molecule has 4 nitrogen and oxygen atoms in total. The molecule has 96 valence electrons. The standard InChI is InChI=1S/C13H24N4/c1-10(2)7-17-9-12(4)15-13(17)16-6-5-14-11(3)8-16/h9-11,14H,5-8H2,1-4H3/t11-/m0/s1. The molecule has 1 aromatic heterocycles. The summed E-state index contributed by atoms with van der Waals surface area (Å²) >= 11 is 0. The molecule has 17 heavy (non-hydrogen) atoms. The van der Waals surface area contributed by atoms with E-state index in [0.717, 1.165) is 37.8 Å². The zero-order chi connectivity index (χ0) is 12.4. The molecule has 2 rings (SSSR count). The monoisotopic (exact) mass is 236 g/mol. The summed E-state index contributed by atoms with van der Waals surface area (Å²) in [5.74, 6) is 1.80. The van der Waals surface area contributed by atoms with Crippen LogP contribution in [0.1, 0.15) is 26.5 Å². The number of rotatable bonds is 3. The molecule has 1 aliphatic heterocycles. The van der Waals surface area contributed by atoms with Crippen molar-refractivity contribution in [2.45, 2.75) is 40.3 Å². The summed E-state index contributed by atoms with van der Waals surface area (Å²) in [6, 6.07) is 0.549. The molecule has 0 amide bonds. The molecular weight excluding hydrogens is 212 g/mol. The van der Waals surface area contributed by atoms with Crippen LogP contribution in [0.15, 0.2) is 6.20 Å². The van der Waals surface area contributed by atoms with Crippen LogP contribution in [0.5, 0.6) is 0 Å². The molecule has 0 aliphatic carbocycles. The molecule has 1 aromatic rings. The lowest BCUT2D eigenvalue weighted by molar-refractivity contribution is 0.462. The number of nitrogens with one attached hydrogen (secondary N) is 1. The summed E-state index contributed by atoms with van der Waals surface area (Å²) < 4.78 is 2.30. The first-order chi connectivity index (χ1) is 8.06. The molecular formula is C13H24N4. The summed E-state index contributed by atoms with van der Waals surface area (Å²) in [7, 11) is 0. The van der Waals surface area contributed by atoms with Crippen molar-refractivity contribution < 1.29 is 0 Å². The lowest BCUT2D eigenvalue weighted by atomic mass is 10.2. The van der Waals surface area contributed by atoms with Crippen LogP contribution in [0, 0.1) is 12.8 Å². The van der Waals surface area contributed by atoms with Gasteiger partial charge in [-0.15, -0.1) is 0 Å². The van der Waals surface area contributed by atoms with Crippen LogP contribution in [0.25, 0.3) is 0 Å². The summed E-state index contributed by atoms with van der Waals surface area (Å²) in [5, 5.41) is 3.47. The van der Waals surface area contributed by atoms with Crippen LogP contribution in [-0.2, 0) is 6.54 Å². The maximum atomic E-state index is 4.68. The van der Waals surface area contributed by atoms with Gasteiger partial charge in [-0.3, -0.25) is 0 Å². The fraction of sp³-hybridized carbons (Fsp3) is 0.769. The highest BCUT2D eigenvalue weighted by molar-refractivity contribution is 5.34. The molecule has 0 radical (unpaired) electrons. The Labute approximate surface area is 104 Å². The van der Waals surface area contributed by atoms with E-state index in [2.05, 4.69) is 53.7 Å². The molecule has 0 aromatic carbocycles. The molecule has 1 saturated heterocycles. The minimum absolute atomic E-state index is 0.549. The Hall–Kier alpha value is -1.03. The molecule has 0 unspecified atom stereocenters. The third-order valence-electron chi connectivity index (χ3n) is 3.09. The van der Waals surface area contributed by atoms with Gasteiger partial charge in [-0.25, -0.2) is 4.98 Å². The van der Waals surface area contributed by atoms with Gasteiger partial charge < -0.3 is 14.8 Å². The maximum Gasteiger partial charge on any atom is 0.205 e. The van der Waals surface area contributed by atoms with Gasteiger partial charge in [0, 0.05) is 38.4 Å². The quantitative estimate of drug-likeness (QED) is 0.866. The highest BCUT2D eigenvalue weighted by atomic mass is 15.3. The van der Waals surface area contributed by atoms with Crippen LogP contribution < -0.4 is 10.2 Å². The van der Waals surface area contributed by atoms with Crippen molar-refractivity contribution in [2.24, 2.45) is 5.92 Å². The van der Waals surface area contributed by atoms with E-state index >= 15 is 0 Å². The molecule has 0 spiro atoms. The van der Waals surface area contributed by atoms with Gasteiger partial charge in [0.1, 0.15) is 0 Å². The number of imidazole rings is 1. The predicted molar refractivity (Wildman–Crippen MR) is 71.5 cm³/mol. The Morgan fingerprint density at radius 3 is 2.94 bits per heavy atom. The largest absolute Gasteiger partial charge is 0.339 e. The maximum absolute atomic E-state index is 4.68. The molecule has 4 heteroatoms. The number of anilines is 1. The fourth-order valence-corrected chi connectivity index (χ4v) is 2.43. The van der Waals surface area contributed by atoms with E-state index in [9.17, 15) is 0 Å². The second kappa shape index (κ2) is 5.08. The van der Waals surface area contributed by atoms with Crippen molar-refractivity contribution in [3.05, 3.63) is 11.9 Å². The lowest BCUT2D eigenvalue weighted by Crippen LogP contribution is -2.50. The molecule has 1 fully saturated rings. The Morgan fingerprint density at radius 1 is 1.53 bits per heavy atom. The molecule has 2 heterocycles. The molecule has 1 N–H and O–H groups in total. The van der Waals surface area contributed by atoms with E-state index in [-0.39, 0.29) is 0 Å². The van der Waals surface area contributed by atoms with Crippen LogP contribution in [0.4, 0.5) is 5.95 Å². The normalized spacial score (nSPS) is 21.2. The summed E-state index contributed by atoms with van der Waals surface area (Å²) in [5.41, 5.74) is 1.12. The zero-order valence-electron chi connectivity index (χ0n) is 11.4. The van der Waals surface area contributed by atoms with Crippen molar-refractivity contribution in [2.75, 3.05) is 24.5 Å². The third kappa shape index (κ3) is 3.00. The van der Waals surface area contributed by atoms with E-state index in [1.807, 2.05) is 0 Å². The van der Waals surface area contributed by atoms with Gasteiger partial charge >= 0.3 is 0 Å². The third-order valence-corrected chi connectivity index (χ3v) is 3.09. The van der Waals surface area contributed by atoms with E-state index in [4.69, 9.17) is 0 Å². The number of piperazine rings is 1. The number of hydrogen-bond donors (Lipinski definition) is 1. The van der Waals surface area contributed by atoms with Crippen molar-refractivity contribution >= 4 is 5.95 Å². The van der Waals surface area contributed by atoms with Crippen LogP contribution in [-0.4, -0.2) is 35.2 Å². The lowest BCUT2D eigenvalue weighted by Gasteiger charge is -2.33. The van der Waals surface area contributed by atoms with Crippen LogP contribution in [0.2, 0.25) is 0 Å². The summed E-state index contributed by atoms with van der Waals surface area (Å²) in [6.07, 6.45) is 2.17. The summed E-state index contributed by atoms with van der Waals surface area (Å²) in [4.78, 5) is 7.08. The van der Waals surface area contributed by atoms with E-state index in [1.165, 1.54) is 0 Å². The Kier molecular flexibility index (Phi) is 3.72. The highest BCUT2D eigenvalue weighted by Crippen LogP contribution is 2.17. The Balaban J connectivity index is 2.18. The first kappa shape index (κ1) is 12.4.